The van der Waals surface area contributed by atoms with E-state index < -0.39 is 0 Å². The van der Waals surface area contributed by atoms with Gasteiger partial charge in [0.1, 0.15) is 5.75 Å². The summed E-state index contributed by atoms with van der Waals surface area (Å²) in [6, 6.07) is 6.65. The fraction of sp³-hybridized carbons (Fsp3) is 0.650. The van der Waals surface area contributed by atoms with Crippen LogP contribution in [0, 0.1) is 0 Å². The molecule has 0 saturated heterocycles. The molecule has 0 N–H and O–H groups in total. The summed E-state index contributed by atoms with van der Waals surface area (Å²) in [5, 5.41) is 0. The third-order valence-electron chi connectivity index (χ3n) is 4.03. The molecule has 1 rings (SSSR count). The van der Waals surface area contributed by atoms with Crippen molar-refractivity contribution in [3.8, 4) is 11.5 Å². The van der Waals surface area contributed by atoms with Crippen molar-refractivity contribution in [1.29, 1.82) is 0 Å². The Kier molecular flexibility index (Phi) is 11.0. The lowest BCUT2D eigenvalue weighted by atomic mass is 10.1. The summed E-state index contributed by atoms with van der Waals surface area (Å²) in [6.45, 7) is 2.96. The molecule has 0 atom stereocenters. The Balaban J connectivity index is 2.05. The molecule has 1 aromatic carbocycles. The van der Waals surface area contributed by atoms with Gasteiger partial charge in [0.15, 0.2) is 5.75 Å². The minimum Gasteiger partial charge on any atom is -0.494 e. The number of hydrogen-bond donors (Lipinski definition) is 0. The molecule has 3 heteroatoms. The van der Waals surface area contributed by atoms with E-state index >= 15 is 0 Å². The Morgan fingerprint density at radius 2 is 1.35 bits per heavy atom. The highest BCUT2D eigenvalue weighted by Gasteiger charge is 1.98. The minimum absolute atomic E-state index is 0.124. The van der Waals surface area contributed by atoms with Crippen molar-refractivity contribution in [1.82, 2.24) is 0 Å². The van der Waals surface area contributed by atoms with Gasteiger partial charge in [0.05, 0.1) is 13.7 Å². The molecule has 0 amide bonds. The Morgan fingerprint density at radius 3 is 1.96 bits per heavy atom. The van der Waals surface area contributed by atoms with Crippen LogP contribution in [-0.4, -0.2) is 13.7 Å². The third-order valence-corrected chi connectivity index (χ3v) is 4.03. The maximum Gasteiger partial charge on any atom is 0.220 e. The highest BCUT2D eigenvalue weighted by atomic mass is 16.5. The molecule has 0 aliphatic heterocycles. The average Bonchev–Trinajstić information content (AvgIpc) is 2.74. The van der Waals surface area contributed by atoms with Gasteiger partial charge in [-0.3, -0.25) is 4.79 Å². The molecule has 0 saturated carbocycles. The van der Waals surface area contributed by atoms with Gasteiger partial charge in [0.25, 0.3) is 0 Å². The van der Waals surface area contributed by atoms with Crippen LogP contribution in [-0.2, 0) is 0 Å². The van der Waals surface area contributed by atoms with Crippen LogP contribution in [0.5, 0.6) is 11.5 Å². The molecule has 0 fully saturated rings. The molecule has 0 bridgehead atoms. The first kappa shape index (κ1) is 19.5. The second-order valence-corrected chi connectivity index (χ2v) is 6.03. The standard InChI is InChI=1S/C20H32O3/c1-3-4-5-6-7-8-9-10-11-12-17-23-18-13-15-19(21)20(22-2)16-14-18/h13-16H,3-12,17H2,1-2H3. The molecule has 0 aliphatic rings. The van der Waals surface area contributed by atoms with E-state index in [-0.39, 0.29) is 5.43 Å². The molecular formula is C20H32O3. The molecule has 23 heavy (non-hydrogen) atoms. The second kappa shape index (κ2) is 13.0. The summed E-state index contributed by atoms with van der Waals surface area (Å²) >= 11 is 0. The topological polar surface area (TPSA) is 35.5 Å². The molecule has 1 aromatic rings. The highest BCUT2D eigenvalue weighted by Crippen LogP contribution is 2.13. The number of hydrogen-bond acceptors (Lipinski definition) is 3. The quantitative estimate of drug-likeness (QED) is 0.459. The van der Waals surface area contributed by atoms with Crippen LogP contribution in [0.25, 0.3) is 0 Å². The molecule has 0 aliphatic carbocycles. The number of rotatable bonds is 13. The highest BCUT2D eigenvalue weighted by molar-refractivity contribution is 5.28. The van der Waals surface area contributed by atoms with Gasteiger partial charge in [-0.25, -0.2) is 0 Å². The van der Waals surface area contributed by atoms with Crippen LogP contribution in [0.15, 0.2) is 29.1 Å². The Morgan fingerprint density at radius 1 is 0.783 bits per heavy atom. The lowest BCUT2D eigenvalue weighted by Gasteiger charge is -2.05. The Bertz CT molecular complexity index is 471. The fourth-order valence-corrected chi connectivity index (χ4v) is 2.58. The van der Waals surface area contributed by atoms with E-state index in [0.717, 1.165) is 12.2 Å². The Hall–Kier alpha value is -1.51. The van der Waals surface area contributed by atoms with Gasteiger partial charge < -0.3 is 9.47 Å². The monoisotopic (exact) mass is 320 g/mol. The van der Waals surface area contributed by atoms with E-state index in [9.17, 15) is 4.79 Å². The zero-order chi connectivity index (χ0) is 16.8. The molecule has 0 unspecified atom stereocenters. The van der Waals surface area contributed by atoms with Crippen LogP contribution < -0.4 is 14.9 Å². The Labute approximate surface area is 141 Å². The van der Waals surface area contributed by atoms with E-state index in [4.69, 9.17) is 9.47 Å². The number of ether oxygens (including phenoxy) is 2. The first-order valence-electron chi connectivity index (χ1n) is 9.09. The van der Waals surface area contributed by atoms with Crippen LogP contribution in [0.2, 0.25) is 0 Å². The molecule has 0 aromatic heterocycles. The van der Waals surface area contributed by atoms with E-state index in [0.29, 0.717) is 12.4 Å². The summed E-state index contributed by atoms with van der Waals surface area (Å²) in [7, 11) is 1.50. The first-order valence-corrected chi connectivity index (χ1v) is 9.09. The zero-order valence-electron chi connectivity index (χ0n) is 14.8. The van der Waals surface area contributed by atoms with Gasteiger partial charge in [-0.2, -0.15) is 0 Å². The maximum absolute atomic E-state index is 11.6. The van der Waals surface area contributed by atoms with Crippen LogP contribution in [0.4, 0.5) is 0 Å². The average molecular weight is 320 g/mol. The number of methoxy groups -OCH3 is 1. The second-order valence-electron chi connectivity index (χ2n) is 6.03. The van der Waals surface area contributed by atoms with Crippen molar-refractivity contribution in [2.24, 2.45) is 0 Å². The van der Waals surface area contributed by atoms with Crippen LogP contribution >= 0.6 is 0 Å². The largest absolute Gasteiger partial charge is 0.494 e. The normalized spacial score (nSPS) is 10.5. The van der Waals surface area contributed by atoms with E-state index in [1.165, 1.54) is 71.0 Å². The molecule has 0 spiro atoms. The van der Waals surface area contributed by atoms with Crippen LogP contribution in [0.1, 0.15) is 71.1 Å². The first-order chi connectivity index (χ1) is 11.3. The van der Waals surface area contributed by atoms with E-state index in [1.807, 2.05) is 0 Å². The van der Waals surface area contributed by atoms with Gasteiger partial charge >= 0.3 is 0 Å². The number of unbranched alkanes of at least 4 members (excludes halogenated alkanes) is 9. The van der Waals surface area contributed by atoms with Gasteiger partial charge in [-0.1, -0.05) is 64.7 Å². The smallest absolute Gasteiger partial charge is 0.220 e. The summed E-state index contributed by atoms with van der Waals surface area (Å²) in [5.74, 6) is 1.07. The summed E-state index contributed by atoms with van der Waals surface area (Å²) in [6.07, 6.45) is 13.2. The predicted molar refractivity (Wildman–Crippen MR) is 96.6 cm³/mol. The lowest BCUT2D eigenvalue weighted by Crippen LogP contribution is -1.99. The predicted octanol–water partition coefficient (Wildman–Crippen LogP) is 5.36. The van der Waals surface area contributed by atoms with Gasteiger partial charge in [-0.05, 0) is 30.7 Å². The summed E-state index contributed by atoms with van der Waals surface area (Å²) in [5.41, 5.74) is -0.124. The van der Waals surface area contributed by atoms with E-state index in [2.05, 4.69) is 6.92 Å². The van der Waals surface area contributed by atoms with E-state index in [1.54, 1.807) is 18.2 Å². The minimum atomic E-state index is -0.124. The van der Waals surface area contributed by atoms with Crippen LogP contribution in [0.3, 0.4) is 0 Å². The van der Waals surface area contributed by atoms with Crippen molar-refractivity contribution in [3.05, 3.63) is 34.5 Å². The molecule has 130 valence electrons. The summed E-state index contributed by atoms with van der Waals surface area (Å²) < 4.78 is 10.7. The summed E-state index contributed by atoms with van der Waals surface area (Å²) in [4.78, 5) is 11.6. The van der Waals surface area contributed by atoms with Gasteiger partial charge in [0.2, 0.25) is 5.43 Å². The SMILES string of the molecule is CCCCCCCCCCCCOc1ccc(OC)c(=O)cc1. The lowest BCUT2D eigenvalue weighted by molar-refractivity contribution is 0.304. The molecule has 0 heterocycles. The molecule has 3 nitrogen and oxygen atoms in total. The van der Waals surface area contributed by atoms with Gasteiger partial charge in [0, 0.05) is 0 Å². The van der Waals surface area contributed by atoms with Crippen molar-refractivity contribution < 1.29 is 9.47 Å². The van der Waals surface area contributed by atoms with Crippen molar-refractivity contribution >= 4 is 0 Å². The molecule has 0 radical (unpaired) electrons. The maximum atomic E-state index is 11.6. The third kappa shape index (κ3) is 9.27. The van der Waals surface area contributed by atoms with Crippen molar-refractivity contribution in [3.63, 3.8) is 0 Å². The van der Waals surface area contributed by atoms with Crippen molar-refractivity contribution in [2.75, 3.05) is 13.7 Å². The van der Waals surface area contributed by atoms with Crippen molar-refractivity contribution in [2.45, 2.75) is 71.1 Å². The van der Waals surface area contributed by atoms with Gasteiger partial charge in [-0.15, -0.1) is 0 Å². The molecular weight excluding hydrogens is 288 g/mol. The zero-order valence-corrected chi connectivity index (χ0v) is 14.8. The fourth-order valence-electron chi connectivity index (χ4n) is 2.58.